The van der Waals surface area contributed by atoms with E-state index in [9.17, 15) is 4.79 Å². The molecular weight excluding hydrogens is 206 g/mol. The average molecular weight is 217 g/mol. The number of amides is 1. The first-order valence-corrected chi connectivity index (χ1v) is 4.78. The first kappa shape index (κ1) is 10.2. The number of pyridine rings is 1. The number of anilines is 1. The fourth-order valence-corrected chi connectivity index (χ4v) is 1.21. The standard InChI is InChI=1S/C11H11N3O2/c12-8-3-4-10(13-6-8)11(15)14-7-9-2-1-5-16-9/h1-6H,7,12H2,(H,14,15). The Labute approximate surface area is 92.3 Å². The number of rotatable bonds is 3. The summed E-state index contributed by atoms with van der Waals surface area (Å²) >= 11 is 0. The third kappa shape index (κ3) is 2.38. The first-order valence-electron chi connectivity index (χ1n) is 4.78. The molecule has 0 fully saturated rings. The Morgan fingerprint density at radius 3 is 2.94 bits per heavy atom. The van der Waals surface area contributed by atoms with Crippen LogP contribution in [0.1, 0.15) is 16.2 Å². The Balaban J connectivity index is 1.95. The van der Waals surface area contributed by atoms with Gasteiger partial charge in [-0.2, -0.15) is 0 Å². The van der Waals surface area contributed by atoms with E-state index in [2.05, 4.69) is 10.3 Å². The van der Waals surface area contributed by atoms with Crippen LogP contribution in [0.15, 0.2) is 41.1 Å². The molecule has 2 aromatic heterocycles. The summed E-state index contributed by atoms with van der Waals surface area (Å²) in [5.74, 6) is 0.445. The molecule has 0 bridgehead atoms. The maximum atomic E-state index is 11.6. The van der Waals surface area contributed by atoms with Gasteiger partial charge in [-0.05, 0) is 24.3 Å². The molecule has 0 saturated carbocycles. The molecule has 0 saturated heterocycles. The fraction of sp³-hybridized carbons (Fsp3) is 0.0909. The molecule has 2 aromatic rings. The summed E-state index contributed by atoms with van der Waals surface area (Å²) in [6.07, 6.45) is 3.00. The highest BCUT2D eigenvalue weighted by atomic mass is 16.3. The highest BCUT2D eigenvalue weighted by Crippen LogP contribution is 2.02. The van der Waals surface area contributed by atoms with Crippen LogP contribution in [0.4, 0.5) is 5.69 Å². The van der Waals surface area contributed by atoms with Gasteiger partial charge in [0.2, 0.25) is 0 Å². The zero-order valence-electron chi connectivity index (χ0n) is 8.51. The van der Waals surface area contributed by atoms with Gasteiger partial charge in [0.1, 0.15) is 11.5 Å². The summed E-state index contributed by atoms with van der Waals surface area (Å²) in [4.78, 5) is 15.5. The molecule has 2 rings (SSSR count). The number of carbonyl (C=O) groups excluding carboxylic acids is 1. The molecule has 1 amide bonds. The molecule has 2 heterocycles. The van der Waals surface area contributed by atoms with Crippen LogP contribution >= 0.6 is 0 Å². The number of aromatic nitrogens is 1. The first-order chi connectivity index (χ1) is 7.75. The molecule has 0 aliphatic carbocycles. The van der Waals surface area contributed by atoms with Crippen molar-refractivity contribution in [3.63, 3.8) is 0 Å². The van der Waals surface area contributed by atoms with Gasteiger partial charge in [0.05, 0.1) is 24.7 Å². The lowest BCUT2D eigenvalue weighted by Gasteiger charge is -2.02. The molecule has 0 aliphatic heterocycles. The second-order valence-electron chi connectivity index (χ2n) is 3.24. The predicted molar refractivity (Wildman–Crippen MR) is 58.5 cm³/mol. The maximum Gasteiger partial charge on any atom is 0.270 e. The van der Waals surface area contributed by atoms with Crippen molar-refractivity contribution in [2.24, 2.45) is 0 Å². The summed E-state index contributed by atoms with van der Waals surface area (Å²) in [7, 11) is 0. The topological polar surface area (TPSA) is 81.2 Å². The van der Waals surface area contributed by atoms with Gasteiger partial charge in [0, 0.05) is 0 Å². The number of nitrogens with zero attached hydrogens (tertiary/aromatic N) is 1. The molecule has 5 nitrogen and oxygen atoms in total. The number of hydrogen-bond acceptors (Lipinski definition) is 4. The zero-order valence-corrected chi connectivity index (χ0v) is 8.51. The third-order valence-electron chi connectivity index (χ3n) is 2.02. The van der Waals surface area contributed by atoms with Crippen molar-refractivity contribution in [1.29, 1.82) is 0 Å². The summed E-state index contributed by atoms with van der Waals surface area (Å²) in [6.45, 7) is 0.345. The minimum absolute atomic E-state index is 0.253. The second kappa shape index (κ2) is 4.48. The molecule has 5 heteroatoms. The Morgan fingerprint density at radius 2 is 2.31 bits per heavy atom. The molecule has 0 aromatic carbocycles. The molecule has 82 valence electrons. The van der Waals surface area contributed by atoms with Gasteiger partial charge < -0.3 is 15.5 Å². The quantitative estimate of drug-likeness (QED) is 0.809. The Morgan fingerprint density at radius 1 is 1.44 bits per heavy atom. The Hall–Kier alpha value is -2.30. The van der Waals surface area contributed by atoms with Crippen LogP contribution in [0.2, 0.25) is 0 Å². The van der Waals surface area contributed by atoms with Crippen molar-refractivity contribution in [3.05, 3.63) is 48.2 Å². The summed E-state index contributed by atoms with van der Waals surface area (Å²) < 4.78 is 5.08. The molecule has 0 spiro atoms. The van der Waals surface area contributed by atoms with E-state index in [0.717, 1.165) is 0 Å². The monoisotopic (exact) mass is 217 g/mol. The van der Waals surface area contributed by atoms with E-state index in [0.29, 0.717) is 23.7 Å². The van der Waals surface area contributed by atoms with Crippen LogP contribution < -0.4 is 11.1 Å². The SMILES string of the molecule is Nc1ccc(C(=O)NCc2ccco2)nc1. The van der Waals surface area contributed by atoms with Crippen LogP contribution in [0.3, 0.4) is 0 Å². The van der Waals surface area contributed by atoms with Gasteiger partial charge >= 0.3 is 0 Å². The van der Waals surface area contributed by atoms with Crippen molar-refractivity contribution in [2.45, 2.75) is 6.54 Å². The highest BCUT2D eigenvalue weighted by molar-refractivity contribution is 5.92. The molecule has 0 atom stereocenters. The molecule has 0 unspecified atom stereocenters. The summed E-state index contributed by atoms with van der Waals surface area (Å²) in [6, 6.07) is 6.77. The second-order valence-corrected chi connectivity index (χ2v) is 3.24. The molecular formula is C11H11N3O2. The summed E-state index contributed by atoms with van der Waals surface area (Å²) in [5.41, 5.74) is 6.33. The van der Waals surface area contributed by atoms with Crippen LogP contribution in [-0.2, 0) is 6.54 Å². The number of nitrogen functional groups attached to an aromatic ring is 1. The maximum absolute atomic E-state index is 11.6. The number of hydrogen-bond donors (Lipinski definition) is 2. The third-order valence-corrected chi connectivity index (χ3v) is 2.02. The van der Waals surface area contributed by atoms with Crippen molar-refractivity contribution < 1.29 is 9.21 Å². The minimum atomic E-state index is -0.253. The smallest absolute Gasteiger partial charge is 0.270 e. The van der Waals surface area contributed by atoms with E-state index in [1.807, 2.05) is 0 Å². The lowest BCUT2D eigenvalue weighted by molar-refractivity contribution is 0.0943. The predicted octanol–water partition coefficient (Wildman–Crippen LogP) is 1.19. The van der Waals surface area contributed by atoms with Crippen molar-refractivity contribution in [3.8, 4) is 0 Å². The molecule has 0 radical (unpaired) electrons. The summed E-state index contributed by atoms with van der Waals surface area (Å²) in [5, 5.41) is 2.68. The highest BCUT2D eigenvalue weighted by Gasteiger charge is 2.06. The van der Waals surface area contributed by atoms with E-state index in [4.69, 9.17) is 10.2 Å². The van der Waals surface area contributed by atoms with Gasteiger partial charge in [-0.3, -0.25) is 4.79 Å². The van der Waals surface area contributed by atoms with Gasteiger partial charge in [-0.25, -0.2) is 4.98 Å². The minimum Gasteiger partial charge on any atom is -0.467 e. The van der Waals surface area contributed by atoms with Gasteiger partial charge in [0.15, 0.2) is 0 Å². The van der Waals surface area contributed by atoms with Crippen LogP contribution in [0, 0.1) is 0 Å². The number of carbonyl (C=O) groups is 1. The van der Waals surface area contributed by atoms with E-state index in [-0.39, 0.29) is 5.91 Å². The lowest BCUT2D eigenvalue weighted by atomic mass is 10.3. The van der Waals surface area contributed by atoms with Crippen molar-refractivity contribution in [2.75, 3.05) is 5.73 Å². The van der Waals surface area contributed by atoms with Crippen LogP contribution in [0.25, 0.3) is 0 Å². The van der Waals surface area contributed by atoms with Gasteiger partial charge in [-0.1, -0.05) is 0 Å². The average Bonchev–Trinajstić information content (AvgIpc) is 2.80. The lowest BCUT2D eigenvalue weighted by Crippen LogP contribution is -2.23. The Kier molecular flexibility index (Phi) is 2.86. The number of furan rings is 1. The van der Waals surface area contributed by atoms with Gasteiger partial charge in [-0.15, -0.1) is 0 Å². The Bertz CT molecular complexity index is 462. The normalized spacial score (nSPS) is 10.0. The molecule has 16 heavy (non-hydrogen) atoms. The largest absolute Gasteiger partial charge is 0.467 e. The number of nitrogens with one attached hydrogen (secondary N) is 1. The molecule has 3 N–H and O–H groups in total. The molecule has 0 aliphatic rings. The van der Waals surface area contributed by atoms with E-state index in [1.165, 1.54) is 6.20 Å². The van der Waals surface area contributed by atoms with Gasteiger partial charge in [0.25, 0.3) is 5.91 Å². The zero-order chi connectivity index (χ0) is 11.4. The van der Waals surface area contributed by atoms with Crippen LogP contribution in [0.5, 0.6) is 0 Å². The van der Waals surface area contributed by atoms with Crippen LogP contribution in [-0.4, -0.2) is 10.9 Å². The van der Waals surface area contributed by atoms with E-state index < -0.39 is 0 Å². The fourth-order valence-electron chi connectivity index (χ4n) is 1.21. The van der Waals surface area contributed by atoms with E-state index >= 15 is 0 Å². The van der Waals surface area contributed by atoms with Crippen molar-refractivity contribution >= 4 is 11.6 Å². The van der Waals surface area contributed by atoms with Crippen molar-refractivity contribution in [1.82, 2.24) is 10.3 Å². The number of nitrogens with two attached hydrogens (primary N) is 1. The van der Waals surface area contributed by atoms with E-state index in [1.54, 1.807) is 30.5 Å².